The maximum absolute atomic E-state index is 11.5. The van der Waals surface area contributed by atoms with Crippen LogP contribution in [0.3, 0.4) is 0 Å². The number of nitrogens with one attached hydrogen (secondary N) is 1. The molecule has 5 nitrogen and oxygen atoms in total. The molecule has 1 aromatic heterocycles. The van der Waals surface area contributed by atoms with Crippen molar-refractivity contribution < 1.29 is 14.4 Å². The highest BCUT2D eigenvalue weighted by atomic mass is 35.5. The largest absolute Gasteiger partial charge is 0.395 e. The third-order valence-electron chi connectivity index (χ3n) is 2.25. The number of aliphatic hydroxyl groups excluding tert-OH is 1. The molecule has 1 amide bonds. The maximum Gasteiger partial charge on any atom is 0.289 e. The van der Waals surface area contributed by atoms with Crippen molar-refractivity contribution in [3.05, 3.63) is 41.1 Å². The summed E-state index contributed by atoms with van der Waals surface area (Å²) in [6.07, 6.45) is 0. The average Bonchev–Trinajstić information content (AvgIpc) is 2.85. The zero-order valence-corrected chi connectivity index (χ0v) is 10.1. The van der Waals surface area contributed by atoms with E-state index in [1.807, 2.05) is 6.07 Å². The lowest BCUT2D eigenvalue weighted by molar-refractivity contribution is 0.0908. The van der Waals surface area contributed by atoms with E-state index in [-0.39, 0.29) is 18.9 Å². The minimum atomic E-state index is -0.412. The van der Waals surface area contributed by atoms with Crippen LogP contribution >= 0.6 is 11.6 Å². The number of carbonyl (C=O) groups is 1. The maximum atomic E-state index is 11.5. The molecule has 0 bridgehead atoms. The molecule has 1 heterocycles. The quantitative estimate of drug-likeness (QED) is 0.883. The van der Waals surface area contributed by atoms with Crippen molar-refractivity contribution in [1.29, 1.82) is 0 Å². The summed E-state index contributed by atoms with van der Waals surface area (Å²) in [5.41, 5.74) is 1.30. The van der Waals surface area contributed by atoms with Gasteiger partial charge in [0, 0.05) is 23.2 Å². The second-order valence-corrected chi connectivity index (χ2v) is 4.00. The first-order chi connectivity index (χ1) is 8.70. The van der Waals surface area contributed by atoms with Crippen LogP contribution in [0.4, 0.5) is 0 Å². The summed E-state index contributed by atoms with van der Waals surface area (Å²) < 4.78 is 4.93. The van der Waals surface area contributed by atoms with E-state index in [0.29, 0.717) is 10.7 Å². The summed E-state index contributed by atoms with van der Waals surface area (Å²) in [6.45, 7) is 0.0487. The van der Waals surface area contributed by atoms with Gasteiger partial charge in [-0.05, 0) is 12.1 Å². The third-order valence-corrected chi connectivity index (χ3v) is 2.49. The number of rotatable bonds is 4. The first-order valence-corrected chi connectivity index (χ1v) is 5.70. The highest BCUT2D eigenvalue weighted by molar-refractivity contribution is 6.30. The number of nitrogens with zero attached hydrogens (tertiary/aromatic N) is 1. The number of aromatic nitrogens is 1. The first kappa shape index (κ1) is 12.6. The van der Waals surface area contributed by atoms with Crippen molar-refractivity contribution in [2.45, 2.75) is 0 Å². The van der Waals surface area contributed by atoms with Crippen LogP contribution in [0, 0.1) is 0 Å². The number of hydrogen-bond acceptors (Lipinski definition) is 4. The summed E-state index contributed by atoms with van der Waals surface area (Å²) in [6, 6.07) is 8.62. The molecule has 0 aliphatic rings. The summed E-state index contributed by atoms with van der Waals surface area (Å²) in [4.78, 5) is 11.5. The molecule has 2 N–H and O–H groups in total. The lowest BCUT2D eigenvalue weighted by Gasteiger charge is -1.97. The number of hydrogen-bond donors (Lipinski definition) is 2. The van der Waals surface area contributed by atoms with Gasteiger partial charge in [-0.3, -0.25) is 4.79 Å². The Kier molecular flexibility index (Phi) is 3.96. The Labute approximate surface area is 108 Å². The average molecular weight is 267 g/mol. The molecular weight excluding hydrogens is 256 g/mol. The molecule has 18 heavy (non-hydrogen) atoms. The van der Waals surface area contributed by atoms with Gasteiger partial charge in [-0.1, -0.05) is 28.9 Å². The Morgan fingerprint density at radius 1 is 1.44 bits per heavy atom. The lowest BCUT2D eigenvalue weighted by Crippen LogP contribution is -2.25. The van der Waals surface area contributed by atoms with E-state index in [1.165, 1.54) is 6.07 Å². The van der Waals surface area contributed by atoms with E-state index in [0.717, 1.165) is 5.56 Å². The molecule has 94 valence electrons. The molecule has 0 unspecified atom stereocenters. The number of halogens is 1. The van der Waals surface area contributed by atoms with Crippen molar-refractivity contribution in [2.75, 3.05) is 13.2 Å². The number of benzene rings is 1. The van der Waals surface area contributed by atoms with Gasteiger partial charge < -0.3 is 14.9 Å². The Balaban J connectivity index is 2.17. The molecule has 0 spiro atoms. The number of carbonyl (C=O) groups excluding carboxylic acids is 1. The van der Waals surface area contributed by atoms with Gasteiger partial charge >= 0.3 is 0 Å². The van der Waals surface area contributed by atoms with E-state index >= 15 is 0 Å². The van der Waals surface area contributed by atoms with Gasteiger partial charge in [0.05, 0.1) is 6.61 Å². The smallest absolute Gasteiger partial charge is 0.289 e. The topological polar surface area (TPSA) is 75.4 Å². The molecule has 1 aromatic carbocycles. The zero-order chi connectivity index (χ0) is 13.0. The van der Waals surface area contributed by atoms with Crippen LogP contribution in [0.25, 0.3) is 11.3 Å². The summed E-state index contributed by atoms with van der Waals surface area (Å²) in [5.74, 6) is -0.316. The fraction of sp³-hybridized carbons (Fsp3) is 0.167. The second-order valence-electron chi connectivity index (χ2n) is 3.57. The van der Waals surface area contributed by atoms with E-state index < -0.39 is 5.91 Å². The Bertz CT molecular complexity index is 554. The molecular formula is C12H11ClN2O3. The molecule has 2 rings (SSSR count). The molecule has 0 fully saturated rings. The SMILES string of the molecule is O=C(NCCO)c1cc(-c2cccc(Cl)c2)no1. The highest BCUT2D eigenvalue weighted by Gasteiger charge is 2.13. The highest BCUT2D eigenvalue weighted by Crippen LogP contribution is 2.22. The van der Waals surface area contributed by atoms with Gasteiger partial charge in [-0.25, -0.2) is 0 Å². The van der Waals surface area contributed by atoms with Crippen molar-refractivity contribution in [3.8, 4) is 11.3 Å². The van der Waals surface area contributed by atoms with Gasteiger partial charge in [0.1, 0.15) is 5.69 Å². The summed E-state index contributed by atoms with van der Waals surface area (Å²) >= 11 is 5.87. The van der Waals surface area contributed by atoms with Crippen LogP contribution in [-0.2, 0) is 0 Å². The summed E-state index contributed by atoms with van der Waals surface area (Å²) in [5, 5.41) is 15.5. The van der Waals surface area contributed by atoms with Crippen LogP contribution in [-0.4, -0.2) is 29.3 Å². The Morgan fingerprint density at radius 3 is 3.00 bits per heavy atom. The van der Waals surface area contributed by atoms with E-state index in [9.17, 15) is 4.79 Å². The fourth-order valence-corrected chi connectivity index (χ4v) is 1.61. The van der Waals surface area contributed by atoms with Gasteiger partial charge in [-0.2, -0.15) is 0 Å². The first-order valence-electron chi connectivity index (χ1n) is 5.32. The zero-order valence-electron chi connectivity index (χ0n) is 9.39. The number of aliphatic hydroxyl groups is 1. The van der Waals surface area contributed by atoms with Crippen LogP contribution < -0.4 is 5.32 Å². The van der Waals surface area contributed by atoms with Gasteiger partial charge in [0.25, 0.3) is 5.91 Å². The molecule has 6 heteroatoms. The van der Waals surface area contributed by atoms with Crippen molar-refractivity contribution in [3.63, 3.8) is 0 Å². The van der Waals surface area contributed by atoms with Crippen LogP contribution in [0.2, 0.25) is 5.02 Å². The van der Waals surface area contributed by atoms with E-state index in [1.54, 1.807) is 18.2 Å². The van der Waals surface area contributed by atoms with Crippen LogP contribution in [0.1, 0.15) is 10.6 Å². The Hall–Kier alpha value is -1.85. The second kappa shape index (κ2) is 5.66. The molecule has 0 aliphatic carbocycles. The van der Waals surface area contributed by atoms with Crippen LogP contribution in [0.15, 0.2) is 34.9 Å². The van der Waals surface area contributed by atoms with Crippen molar-refractivity contribution in [1.82, 2.24) is 10.5 Å². The standard InChI is InChI=1S/C12H11ClN2O3/c13-9-3-1-2-8(6-9)10-7-11(18-15-10)12(17)14-4-5-16/h1-3,6-7,16H,4-5H2,(H,14,17). The monoisotopic (exact) mass is 266 g/mol. The fourth-order valence-electron chi connectivity index (χ4n) is 1.42. The van der Waals surface area contributed by atoms with Crippen molar-refractivity contribution in [2.24, 2.45) is 0 Å². The van der Waals surface area contributed by atoms with Crippen LogP contribution in [0.5, 0.6) is 0 Å². The van der Waals surface area contributed by atoms with Gasteiger partial charge in [-0.15, -0.1) is 0 Å². The molecule has 2 aromatic rings. The van der Waals surface area contributed by atoms with E-state index in [2.05, 4.69) is 10.5 Å². The minimum Gasteiger partial charge on any atom is -0.395 e. The third kappa shape index (κ3) is 2.88. The molecule has 0 aliphatic heterocycles. The minimum absolute atomic E-state index is 0.0958. The molecule has 0 saturated carbocycles. The Morgan fingerprint density at radius 2 is 2.28 bits per heavy atom. The predicted octanol–water partition coefficient (Wildman–Crippen LogP) is 1.72. The summed E-state index contributed by atoms with van der Waals surface area (Å²) in [7, 11) is 0. The van der Waals surface area contributed by atoms with E-state index in [4.69, 9.17) is 21.2 Å². The predicted molar refractivity (Wildman–Crippen MR) is 66.4 cm³/mol. The molecule has 0 atom stereocenters. The normalized spacial score (nSPS) is 10.3. The van der Waals surface area contributed by atoms with Gasteiger partial charge in [0.2, 0.25) is 5.76 Å². The molecule has 0 saturated heterocycles. The van der Waals surface area contributed by atoms with Gasteiger partial charge in [0.15, 0.2) is 0 Å². The van der Waals surface area contributed by atoms with Crippen molar-refractivity contribution >= 4 is 17.5 Å². The lowest BCUT2D eigenvalue weighted by atomic mass is 10.1. The molecule has 0 radical (unpaired) electrons. The number of amides is 1.